The van der Waals surface area contributed by atoms with Crippen molar-refractivity contribution >= 4 is 23.4 Å². The summed E-state index contributed by atoms with van der Waals surface area (Å²) in [7, 11) is 5.00. The molecule has 0 saturated heterocycles. The van der Waals surface area contributed by atoms with E-state index in [9.17, 15) is 9.59 Å². The van der Waals surface area contributed by atoms with Crippen molar-refractivity contribution in [3.63, 3.8) is 0 Å². The molecule has 0 bridgehead atoms. The van der Waals surface area contributed by atoms with E-state index in [1.807, 2.05) is 109 Å². The van der Waals surface area contributed by atoms with Gasteiger partial charge in [0, 0.05) is 30.1 Å². The number of hydrogen-bond donors (Lipinski definition) is 0. The summed E-state index contributed by atoms with van der Waals surface area (Å²) < 4.78 is 16.6. The first-order valence-electron chi connectivity index (χ1n) is 14.5. The number of carbonyl (C=O) groups excluding carboxylic acids is 2. The molecule has 0 aliphatic rings. The molecule has 1 amide bonds. The SMILES string of the molecule is COC(=O)c1ccccc1-c1cc(N(C)Cc2ncc(C)c(OC)c2C)cc(N(Cc2ccccc2)C(=O)OC(C)(C)C)c1. The minimum atomic E-state index is -0.700. The van der Waals surface area contributed by atoms with Crippen molar-refractivity contribution in [2.45, 2.75) is 53.3 Å². The number of aryl methyl sites for hydroxylation is 1. The van der Waals surface area contributed by atoms with Crippen LogP contribution in [-0.2, 0) is 22.6 Å². The minimum absolute atomic E-state index is 0.289. The number of benzene rings is 3. The van der Waals surface area contributed by atoms with Gasteiger partial charge in [0.05, 0.1) is 44.3 Å². The second-order valence-electron chi connectivity index (χ2n) is 11.7. The number of carbonyl (C=O) groups is 2. The molecular weight excluding hydrogens is 554 g/mol. The zero-order valence-corrected chi connectivity index (χ0v) is 26.8. The Labute approximate surface area is 260 Å². The van der Waals surface area contributed by atoms with E-state index in [2.05, 4.69) is 4.90 Å². The topological polar surface area (TPSA) is 81.2 Å². The fourth-order valence-electron chi connectivity index (χ4n) is 5.04. The van der Waals surface area contributed by atoms with Gasteiger partial charge in [0.25, 0.3) is 0 Å². The molecule has 0 unspecified atom stereocenters. The van der Waals surface area contributed by atoms with Crippen LogP contribution in [0.15, 0.2) is 79.0 Å². The van der Waals surface area contributed by atoms with Crippen molar-refractivity contribution < 1.29 is 23.8 Å². The normalized spacial score (nSPS) is 11.1. The highest BCUT2D eigenvalue weighted by Crippen LogP contribution is 2.35. The summed E-state index contributed by atoms with van der Waals surface area (Å²) in [6.45, 7) is 10.3. The van der Waals surface area contributed by atoms with E-state index in [1.165, 1.54) is 7.11 Å². The van der Waals surface area contributed by atoms with Crippen LogP contribution in [0.2, 0.25) is 0 Å². The van der Waals surface area contributed by atoms with E-state index < -0.39 is 17.7 Å². The number of methoxy groups -OCH3 is 2. The van der Waals surface area contributed by atoms with Crippen LogP contribution < -0.4 is 14.5 Å². The lowest BCUT2D eigenvalue weighted by Crippen LogP contribution is -2.36. The molecule has 0 aliphatic carbocycles. The molecule has 0 atom stereocenters. The predicted molar refractivity (Wildman–Crippen MR) is 174 cm³/mol. The molecule has 44 heavy (non-hydrogen) atoms. The number of hydrogen-bond acceptors (Lipinski definition) is 7. The average molecular weight is 596 g/mol. The van der Waals surface area contributed by atoms with Crippen LogP contribution in [0.5, 0.6) is 5.75 Å². The number of pyridine rings is 1. The number of rotatable bonds is 9. The Morgan fingerprint density at radius 3 is 2.18 bits per heavy atom. The lowest BCUT2D eigenvalue weighted by atomic mass is 9.98. The molecule has 0 saturated carbocycles. The molecule has 8 nitrogen and oxygen atoms in total. The summed E-state index contributed by atoms with van der Waals surface area (Å²) in [5.41, 5.74) is 6.34. The Balaban J connectivity index is 1.88. The number of esters is 1. The number of anilines is 2. The molecule has 1 heterocycles. The Bertz CT molecular complexity index is 1630. The molecule has 3 aromatic carbocycles. The average Bonchev–Trinajstić information content (AvgIpc) is 3.00. The van der Waals surface area contributed by atoms with Gasteiger partial charge >= 0.3 is 12.1 Å². The minimum Gasteiger partial charge on any atom is -0.496 e. The third kappa shape index (κ3) is 7.56. The Morgan fingerprint density at radius 2 is 1.52 bits per heavy atom. The lowest BCUT2D eigenvalue weighted by molar-refractivity contribution is 0.0574. The molecule has 4 aromatic rings. The molecule has 0 N–H and O–H groups in total. The van der Waals surface area contributed by atoms with Gasteiger partial charge in [-0.25, -0.2) is 9.59 Å². The maximum Gasteiger partial charge on any atom is 0.415 e. The molecule has 230 valence electrons. The van der Waals surface area contributed by atoms with Gasteiger partial charge in [-0.2, -0.15) is 0 Å². The third-order valence-electron chi connectivity index (χ3n) is 7.23. The molecule has 8 heteroatoms. The van der Waals surface area contributed by atoms with Crippen molar-refractivity contribution in [1.29, 1.82) is 0 Å². The van der Waals surface area contributed by atoms with Gasteiger partial charge in [-0.05, 0) is 75.6 Å². The van der Waals surface area contributed by atoms with Crippen LogP contribution in [0.25, 0.3) is 11.1 Å². The highest BCUT2D eigenvalue weighted by molar-refractivity contribution is 5.98. The predicted octanol–water partition coefficient (Wildman–Crippen LogP) is 7.74. The first-order valence-corrected chi connectivity index (χ1v) is 14.5. The van der Waals surface area contributed by atoms with E-state index >= 15 is 0 Å². The number of aromatic nitrogens is 1. The van der Waals surface area contributed by atoms with Crippen LogP contribution >= 0.6 is 0 Å². The zero-order valence-electron chi connectivity index (χ0n) is 26.8. The van der Waals surface area contributed by atoms with Gasteiger partial charge in [-0.1, -0.05) is 48.5 Å². The number of ether oxygens (including phenoxy) is 3. The molecule has 0 radical (unpaired) electrons. The van der Waals surface area contributed by atoms with Crippen LogP contribution in [0, 0.1) is 13.8 Å². The van der Waals surface area contributed by atoms with Gasteiger partial charge in [0.2, 0.25) is 0 Å². The van der Waals surface area contributed by atoms with Crippen molar-refractivity contribution in [3.8, 4) is 16.9 Å². The first kappa shape index (κ1) is 32.1. The Hall–Kier alpha value is -4.85. The maximum absolute atomic E-state index is 13.7. The van der Waals surface area contributed by atoms with Gasteiger partial charge in [0.1, 0.15) is 11.4 Å². The van der Waals surface area contributed by atoms with Crippen molar-refractivity contribution in [3.05, 3.63) is 107 Å². The first-order chi connectivity index (χ1) is 20.9. The molecule has 0 spiro atoms. The van der Waals surface area contributed by atoms with Gasteiger partial charge in [-0.3, -0.25) is 9.88 Å². The summed E-state index contributed by atoms with van der Waals surface area (Å²) in [5.74, 6) is 0.365. The second kappa shape index (κ2) is 13.6. The molecule has 1 aromatic heterocycles. The van der Waals surface area contributed by atoms with Crippen molar-refractivity contribution in [2.75, 3.05) is 31.1 Å². The van der Waals surface area contributed by atoms with Crippen molar-refractivity contribution in [2.24, 2.45) is 0 Å². The summed E-state index contributed by atoms with van der Waals surface area (Å²) >= 11 is 0. The van der Waals surface area contributed by atoms with E-state index in [-0.39, 0.29) is 6.54 Å². The molecule has 0 aliphatic heterocycles. The number of nitrogens with zero attached hydrogens (tertiary/aromatic N) is 3. The Morgan fingerprint density at radius 1 is 0.864 bits per heavy atom. The highest BCUT2D eigenvalue weighted by atomic mass is 16.6. The van der Waals surface area contributed by atoms with E-state index in [4.69, 9.17) is 19.2 Å². The third-order valence-corrected chi connectivity index (χ3v) is 7.23. The van der Waals surface area contributed by atoms with Crippen LogP contribution in [0.1, 0.15) is 53.5 Å². The van der Waals surface area contributed by atoms with Gasteiger partial charge < -0.3 is 19.1 Å². The van der Waals surface area contributed by atoms with Gasteiger partial charge in [0.15, 0.2) is 0 Å². The highest BCUT2D eigenvalue weighted by Gasteiger charge is 2.26. The monoisotopic (exact) mass is 595 g/mol. The summed E-state index contributed by atoms with van der Waals surface area (Å²) in [6.07, 6.45) is 1.34. The standard InChI is InChI=1S/C36H41N3O5/c1-24-21-37-32(25(2)33(24)42-7)23-38(6)28-18-27(30-16-12-13-17-31(30)34(40)43-8)19-29(20-28)39(35(41)44-36(3,4)5)22-26-14-10-9-11-15-26/h9-21H,22-23H2,1-8H3. The number of amides is 1. The summed E-state index contributed by atoms with van der Waals surface area (Å²) in [4.78, 5) is 34.9. The van der Waals surface area contributed by atoms with Crippen LogP contribution in [0.4, 0.5) is 16.2 Å². The maximum atomic E-state index is 13.7. The fourth-order valence-corrected chi connectivity index (χ4v) is 5.04. The smallest absolute Gasteiger partial charge is 0.415 e. The molecule has 4 rings (SSSR count). The van der Waals surface area contributed by atoms with Crippen LogP contribution in [-0.4, -0.2) is 43.9 Å². The summed E-state index contributed by atoms with van der Waals surface area (Å²) in [6, 6.07) is 22.9. The Kier molecular flexibility index (Phi) is 9.94. The summed E-state index contributed by atoms with van der Waals surface area (Å²) in [5, 5.41) is 0. The second-order valence-corrected chi connectivity index (χ2v) is 11.7. The fraction of sp³-hybridized carbons (Fsp3) is 0.306. The van der Waals surface area contributed by atoms with E-state index in [0.29, 0.717) is 23.4 Å². The molecule has 0 fully saturated rings. The van der Waals surface area contributed by atoms with E-state index in [0.717, 1.165) is 39.4 Å². The molecular formula is C36H41N3O5. The van der Waals surface area contributed by atoms with Crippen LogP contribution in [0.3, 0.4) is 0 Å². The largest absolute Gasteiger partial charge is 0.496 e. The van der Waals surface area contributed by atoms with E-state index in [1.54, 1.807) is 24.1 Å². The van der Waals surface area contributed by atoms with Crippen molar-refractivity contribution in [1.82, 2.24) is 4.98 Å². The zero-order chi connectivity index (χ0) is 32.0. The lowest BCUT2D eigenvalue weighted by Gasteiger charge is -2.29. The van der Waals surface area contributed by atoms with Gasteiger partial charge in [-0.15, -0.1) is 0 Å². The quantitative estimate of drug-likeness (QED) is 0.183.